The Morgan fingerprint density at radius 1 is 0.950 bits per heavy atom. The van der Waals surface area contributed by atoms with E-state index in [1.54, 1.807) is 0 Å². The zero-order valence-corrected chi connectivity index (χ0v) is 11.2. The molecular weight excluding hydrogens is 246 g/mol. The molecule has 20 heavy (non-hydrogen) atoms. The third-order valence-electron chi connectivity index (χ3n) is 3.54. The van der Waals surface area contributed by atoms with E-state index in [1.807, 2.05) is 54.7 Å². The second-order valence-corrected chi connectivity index (χ2v) is 5.00. The van der Waals surface area contributed by atoms with E-state index in [4.69, 9.17) is 0 Å². The molecule has 1 aromatic heterocycles. The SMILES string of the molecule is OC(CCc1cnc2ccccc2c1)c1ccccc1. The lowest BCUT2D eigenvalue weighted by Crippen LogP contribution is -1.99. The smallest absolute Gasteiger partial charge is 0.0793 e. The molecule has 1 unspecified atom stereocenters. The Kier molecular flexibility index (Phi) is 3.75. The maximum atomic E-state index is 10.2. The summed E-state index contributed by atoms with van der Waals surface area (Å²) in [5, 5.41) is 11.3. The number of aromatic nitrogens is 1. The molecule has 0 bridgehead atoms. The molecule has 0 saturated carbocycles. The van der Waals surface area contributed by atoms with Crippen LogP contribution in [0.5, 0.6) is 0 Å². The summed E-state index contributed by atoms with van der Waals surface area (Å²) in [7, 11) is 0. The molecule has 0 amide bonds. The predicted molar refractivity (Wildman–Crippen MR) is 81.5 cm³/mol. The molecule has 0 spiro atoms. The summed E-state index contributed by atoms with van der Waals surface area (Å²) in [6.07, 6.45) is 3.03. The minimum Gasteiger partial charge on any atom is -0.388 e. The highest BCUT2D eigenvalue weighted by atomic mass is 16.3. The highest BCUT2D eigenvalue weighted by Crippen LogP contribution is 2.20. The van der Waals surface area contributed by atoms with E-state index in [0.29, 0.717) is 6.42 Å². The van der Waals surface area contributed by atoms with Crippen molar-refractivity contribution in [2.24, 2.45) is 0 Å². The van der Waals surface area contributed by atoms with Gasteiger partial charge in [0.05, 0.1) is 11.6 Å². The van der Waals surface area contributed by atoms with Gasteiger partial charge in [-0.15, -0.1) is 0 Å². The van der Waals surface area contributed by atoms with Gasteiger partial charge >= 0.3 is 0 Å². The number of rotatable bonds is 4. The summed E-state index contributed by atoms with van der Waals surface area (Å²) >= 11 is 0. The minimum absolute atomic E-state index is 0.414. The van der Waals surface area contributed by atoms with Crippen LogP contribution in [0.3, 0.4) is 0 Å². The topological polar surface area (TPSA) is 33.1 Å². The number of fused-ring (bicyclic) bond motifs is 1. The Balaban J connectivity index is 1.70. The number of hydrogen-bond acceptors (Lipinski definition) is 2. The van der Waals surface area contributed by atoms with Crippen molar-refractivity contribution >= 4 is 10.9 Å². The second-order valence-electron chi connectivity index (χ2n) is 5.00. The Bertz CT molecular complexity index is 694. The molecule has 2 aromatic carbocycles. The zero-order chi connectivity index (χ0) is 13.8. The molecule has 0 fully saturated rings. The van der Waals surface area contributed by atoms with Gasteiger partial charge < -0.3 is 5.11 Å². The lowest BCUT2D eigenvalue weighted by atomic mass is 10.0. The fourth-order valence-corrected chi connectivity index (χ4v) is 2.40. The molecule has 0 radical (unpaired) electrons. The monoisotopic (exact) mass is 263 g/mol. The summed E-state index contributed by atoms with van der Waals surface area (Å²) < 4.78 is 0. The van der Waals surface area contributed by atoms with Crippen molar-refractivity contribution in [3.63, 3.8) is 0 Å². The molecule has 0 aliphatic carbocycles. The average Bonchev–Trinajstić information content (AvgIpc) is 2.53. The quantitative estimate of drug-likeness (QED) is 0.774. The van der Waals surface area contributed by atoms with Gasteiger partial charge in [0.1, 0.15) is 0 Å². The summed E-state index contributed by atoms with van der Waals surface area (Å²) in [5.41, 5.74) is 3.15. The summed E-state index contributed by atoms with van der Waals surface area (Å²) in [5.74, 6) is 0. The highest BCUT2D eigenvalue weighted by Gasteiger charge is 2.07. The van der Waals surface area contributed by atoms with E-state index in [0.717, 1.165) is 22.9 Å². The molecule has 1 heterocycles. The van der Waals surface area contributed by atoms with Crippen molar-refractivity contribution in [3.8, 4) is 0 Å². The maximum Gasteiger partial charge on any atom is 0.0793 e. The highest BCUT2D eigenvalue weighted by molar-refractivity contribution is 5.78. The van der Waals surface area contributed by atoms with Crippen molar-refractivity contribution in [1.29, 1.82) is 0 Å². The van der Waals surface area contributed by atoms with Gasteiger partial charge in [-0.25, -0.2) is 0 Å². The van der Waals surface area contributed by atoms with Gasteiger partial charge in [0, 0.05) is 11.6 Å². The van der Waals surface area contributed by atoms with E-state index in [1.165, 1.54) is 5.56 Å². The van der Waals surface area contributed by atoms with Crippen molar-refractivity contribution in [2.45, 2.75) is 18.9 Å². The van der Waals surface area contributed by atoms with Crippen LogP contribution in [0.2, 0.25) is 0 Å². The van der Waals surface area contributed by atoms with Crippen LogP contribution < -0.4 is 0 Å². The van der Waals surface area contributed by atoms with Gasteiger partial charge in [-0.1, -0.05) is 48.5 Å². The molecule has 2 nitrogen and oxygen atoms in total. The normalized spacial score (nSPS) is 12.4. The van der Waals surface area contributed by atoms with Crippen molar-refractivity contribution in [3.05, 3.63) is 78.0 Å². The summed E-state index contributed by atoms with van der Waals surface area (Å²) in [6.45, 7) is 0. The summed E-state index contributed by atoms with van der Waals surface area (Å²) in [4.78, 5) is 4.45. The molecule has 3 aromatic rings. The van der Waals surface area contributed by atoms with Gasteiger partial charge in [-0.2, -0.15) is 0 Å². The number of aryl methyl sites for hydroxylation is 1. The largest absolute Gasteiger partial charge is 0.388 e. The Morgan fingerprint density at radius 2 is 1.70 bits per heavy atom. The first-order valence-electron chi connectivity index (χ1n) is 6.89. The number of pyridine rings is 1. The third kappa shape index (κ3) is 2.86. The average molecular weight is 263 g/mol. The van der Waals surface area contributed by atoms with Crippen molar-refractivity contribution in [2.75, 3.05) is 0 Å². The van der Waals surface area contributed by atoms with Crippen LogP contribution in [0.25, 0.3) is 10.9 Å². The zero-order valence-electron chi connectivity index (χ0n) is 11.2. The van der Waals surface area contributed by atoms with Crippen LogP contribution in [0.15, 0.2) is 66.9 Å². The maximum absolute atomic E-state index is 10.2. The number of aliphatic hydroxyl groups excluding tert-OH is 1. The Hall–Kier alpha value is -2.19. The van der Waals surface area contributed by atoms with Gasteiger partial charge in [0.25, 0.3) is 0 Å². The van der Waals surface area contributed by atoms with Gasteiger partial charge in [-0.3, -0.25) is 4.98 Å². The van der Waals surface area contributed by atoms with Crippen LogP contribution in [0.1, 0.15) is 23.7 Å². The number of benzene rings is 2. The minimum atomic E-state index is -0.414. The molecule has 1 N–H and O–H groups in total. The van der Waals surface area contributed by atoms with Crippen LogP contribution >= 0.6 is 0 Å². The third-order valence-corrected chi connectivity index (χ3v) is 3.54. The Morgan fingerprint density at radius 3 is 2.55 bits per heavy atom. The first-order chi connectivity index (χ1) is 9.83. The predicted octanol–water partition coefficient (Wildman–Crippen LogP) is 3.90. The summed E-state index contributed by atoms with van der Waals surface area (Å²) in [6, 6.07) is 20.0. The second kappa shape index (κ2) is 5.85. The molecule has 0 saturated heterocycles. The number of hydrogen-bond donors (Lipinski definition) is 1. The van der Waals surface area contributed by atoms with Crippen LogP contribution in [-0.4, -0.2) is 10.1 Å². The first kappa shape index (κ1) is 12.8. The van der Waals surface area contributed by atoms with E-state index in [2.05, 4.69) is 17.1 Å². The Labute approximate surface area is 118 Å². The van der Waals surface area contributed by atoms with E-state index in [-0.39, 0.29) is 0 Å². The van der Waals surface area contributed by atoms with Gasteiger partial charge in [0.2, 0.25) is 0 Å². The lowest BCUT2D eigenvalue weighted by molar-refractivity contribution is 0.168. The fourth-order valence-electron chi connectivity index (χ4n) is 2.40. The lowest BCUT2D eigenvalue weighted by Gasteiger charge is -2.11. The molecule has 0 aliphatic heterocycles. The van der Waals surface area contributed by atoms with Gasteiger partial charge in [-0.05, 0) is 36.1 Å². The van der Waals surface area contributed by atoms with Crippen molar-refractivity contribution in [1.82, 2.24) is 4.98 Å². The van der Waals surface area contributed by atoms with Crippen LogP contribution in [0.4, 0.5) is 0 Å². The molecule has 1 atom stereocenters. The van der Waals surface area contributed by atoms with E-state index < -0.39 is 6.10 Å². The number of nitrogens with zero attached hydrogens (tertiary/aromatic N) is 1. The fraction of sp³-hybridized carbons (Fsp3) is 0.167. The molecule has 100 valence electrons. The number of aliphatic hydroxyl groups is 1. The number of para-hydroxylation sites is 1. The standard InChI is InChI=1S/C18H17NO/c20-18(15-6-2-1-3-7-15)11-10-14-12-16-8-4-5-9-17(16)19-13-14/h1-9,12-13,18,20H,10-11H2. The van der Waals surface area contributed by atoms with E-state index in [9.17, 15) is 5.11 Å². The van der Waals surface area contributed by atoms with Crippen molar-refractivity contribution < 1.29 is 5.11 Å². The van der Waals surface area contributed by atoms with Crippen LogP contribution in [0, 0.1) is 0 Å². The molecule has 2 heteroatoms. The molecule has 0 aliphatic rings. The first-order valence-corrected chi connectivity index (χ1v) is 6.89. The molecule has 3 rings (SSSR count). The van der Waals surface area contributed by atoms with E-state index >= 15 is 0 Å². The molecular formula is C18H17NO. The van der Waals surface area contributed by atoms with Crippen LogP contribution in [-0.2, 0) is 6.42 Å². The van der Waals surface area contributed by atoms with Gasteiger partial charge in [0.15, 0.2) is 0 Å².